The standard InChI is InChI=1S/C21H25N7.C4H9NO/c22-21-9-15(21)12-27(13-21)17-5-6-18(23-11-17)25-20-24-10-14-7-8-28(19(14)26-20)16-3-1-2-4-16;1-4(6)5(2)3/h5-8,10-11,15-16H,1-4,9,12-13,22H2,(H,23,24,25,26);1-3H3. The minimum atomic E-state index is 0.0500. The van der Waals surface area contributed by atoms with Gasteiger partial charge in [0, 0.05) is 63.5 Å². The molecule has 1 amide bonds. The Balaban J connectivity index is 0.000000360. The fourth-order valence-corrected chi connectivity index (χ4v) is 4.96. The molecule has 0 bridgehead atoms. The molecule has 0 spiro atoms. The predicted octanol–water partition coefficient (Wildman–Crippen LogP) is 3.32. The number of piperidine rings is 1. The molecule has 0 aromatic carbocycles. The Hall–Kier alpha value is -3.20. The molecule has 2 atom stereocenters. The van der Waals surface area contributed by atoms with Crippen molar-refractivity contribution in [2.75, 3.05) is 37.4 Å². The van der Waals surface area contributed by atoms with Crippen LogP contribution in [-0.4, -0.2) is 63.0 Å². The van der Waals surface area contributed by atoms with Gasteiger partial charge in [0.25, 0.3) is 0 Å². The summed E-state index contributed by atoms with van der Waals surface area (Å²) in [5.74, 6) is 2.10. The molecule has 6 rings (SSSR count). The van der Waals surface area contributed by atoms with E-state index in [-0.39, 0.29) is 11.4 Å². The number of nitrogens with zero attached hydrogens (tertiary/aromatic N) is 6. The van der Waals surface area contributed by atoms with Crippen molar-refractivity contribution in [2.45, 2.75) is 50.6 Å². The third kappa shape index (κ3) is 4.57. The van der Waals surface area contributed by atoms with E-state index in [1.807, 2.05) is 18.5 Å². The molecule has 4 heterocycles. The summed E-state index contributed by atoms with van der Waals surface area (Å²) in [7, 11) is 3.45. The second kappa shape index (κ2) is 8.87. The van der Waals surface area contributed by atoms with Crippen LogP contribution in [-0.2, 0) is 4.79 Å². The van der Waals surface area contributed by atoms with E-state index in [2.05, 4.69) is 43.1 Å². The maximum atomic E-state index is 10.1. The van der Waals surface area contributed by atoms with Crippen molar-refractivity contribution in [1.82, 2.24) is 24.4 Å². The van der Waals surface area contributed by atoms with Gasteiger partial charge in [0.15, 0.2) is 0 Å². The first-order valence-corrected chi connectivity index (χ1v) is 12.1. The number of anilines is 3. The molecule has 3 fully saturated rings. The highest BCUT2D eigenvalue weighted by Gasteiger charge is 2.57. The molecule has 9 heteroatoms. The molecule has 34 heavy (non-hydrogen) atoms. The van der Waals surface area contributed by atoms with Gasteiger partial charge in [-0.15, -0.1) is 0 Å². The quantitative estimate of drug-likeness (QED) is 0.613. The highest BCUT2D eigenvalue weighted by Crippen LogP contribution is 2.48. The number of amides is 1. The zero-order valence-corrected chi connectivity index (χ0v) is 20.2. The number of fused-ring (bicyclic) bond motifs is 2. The molecule has 2 saturated carbocycles. The number of hydrogen-bond donors (Lipinski definition) is 2. The summed E-state index contributed by atoms with van der Waals surface area (Å²) < 4.78 is 2.31. The molecule has 3 aromatic heterocycles. The summed E-state index contributed by atoms with van der Waals surface area (Å²) in [4.78, 5) is 27.7. The first-order chi connectivity index (χ1) is 16.3. The zero-order chi connectivity index (χ0) is 23.9. The Kier molecular flexibility index (Phi) is 5.89. The van der Waals surface area contributed by atoms with Gasteiger partial charge in [0.1, 0.15) is 11.5 Å². The Morgan fingerprint density at radius 3 is 2.56 bits per heavy atom. The molecule has 1 aliphatic heterocycles. The normalized spacial score (nSPS) is 23.4. The number of rotatable bonds is 4. The van der Waals surface area contributed by atoms with E-state index in [4.69, 9.17) is 10.7 Å². The van der Waals surface area contributed by atoms with Gasteiger partial charge in [-0.05, 0) is 43.4 Å². The van der Waals surface area contributed by atoms with E-state index in [1.54, 1.807) is 14.1 Å². The smallest absolute Gasteiger partial charge is 0.230 e. The van der Waals surface area contributed by atoms with E-state index < -0.39 is 0 Å². The van der Waals surface area contributed by atoms with Crippen molar-refractivity contribution < 1.29 is 4.79 Å². The van der Waals surface area contributed by atoms with Gasteiger partial charge in [-0.25, -0.2) is 9.97 Å². The third-order valence-electron chi connectivity index (χ3n) is 7.36. The molecule has 3 N–H and O–H groups in total. The highest BCUT2D eigenvalue weighted by atomic mass is 16.2. The van der Waals surface area contributed by atoms with Crippen molar-refractivity contribution >= 4 is 34.4 Å². The Labute approximate surface area is 200 Å². The Morgan fingerprint density at radius 1 is 1.18 bits per heavy atom. The van der Waals surface area contributed by atoms with Crippen LogP contribution in [0, 0.1) is 5.92 Å². The second-order valence-electron chi connectivity index (χ2n) is 10.1. The SMILES string of the molecule is CC(=O)N(C)C.NC12CC1CN(c1ccc(Nc3ncc4ccn(C5CCCC5)c4n3)nc1)C2. The van der Waals surface area contributed by atoms with Gasteiger partial charge in [0.2, 0.25) is 11.9 Å². The van der Waals surface area contributed by atoms with Gasteiger partial charge in [-0.1, -0.05) is 12.8 Å². The highest BCUT2D eigenvalue weighted by molar-refractivity contribution is 5.77. The largest absolute Gasteiger partial charge is 0.368 e. The zero-order valence-electron chi connectivity index (χ0n) is 20.2. The molecule has 3 aliphatic rings. The summed E-state index contributed by atoms with van der Waals surface area (Å²) in [6.45, 7) is 3.51. The molecule has 2 aliphatic carbocycles. The summed E-state index contributed by atoms with van der Waals surface area (Å²) in [5.41, 5.74) is 8.50. The topological polar surface area (TPSA) is 105 Å². The molecular formula is C25H34N8O. The van der Waals surface area contributed by atoms with Crippen molar-refractivity contribution in [3.63, 3.8) is 0 Å². The number of pyridine rings is 1. The lowest BCUT2D eigenvalue weighted by molar-refractivity contribution is -0.126. The van der Waals surface area contributed by atoms with Gasteiger partial charge < -0.3 is 25.4 Å². The van der Waals surface area contributed by atoms with Gasteiger partial charge in [0.05, 0.1) is 11.9 Å². The van der Waals surface area contributed by atoms with Crippen LogP contribution < -0.4 is 16.0 Å². The summed E-state index contributed by atoms with van der Waals surface area (Å²) in [6, 6.07) is 6.76. The Morgan fingerprint density at radius 2 is 1.94 bits per heavy atom. The third-order valence-corrected chi connectivity index (χ3v) is 7.36. The summed E-state index contributed by atoms with van der Waals surface area (Å²) in [5, 5.41) is 4.34. The van der Waals surface area contributed by atoms with Crippen LogP contribution in [0.4, 0.5) is 17.5 Å². The number of nitrogens with one attached hydrogen (secondary N) is 1. The fraction of sp³-hybridized carbons (Fsp3) is 0.520. The Bertz CT molecular complexity index is 1170. The number of carbonyl (C=O) groups is 1. The first kappa shape index (κ1) is 22.6. The molecule has 3 aromatic rings. The summed E-state index contributed by atoms with van der Waals surface area (Å²) in [6.07, 6.45) is 12.2. The van der Waals surface area contributed by atoms with Crippen molar-refractivity contribution in [2.24, 2.45) is 11.7 Å². The maximum Gasteiger partial charge on any atom is 0.230 e. The van der Waals surface area contributed by atoms with Crippen LogP contribution in [0.25, 0.3) is 11.0 Å². The molecule has 9 nitrogen and oxygen atoms in total. The number of hydrogen-bond acceptors (Lipinski definition) is 7. The second-order valence-corrected chi connectivity index (χ2v) is 10.1. The van der Waals surface area contributed by atoms with E-state index >= 15 is 0 Å². The average molecular weight is 463 g/mol. The van der Waals surface area contributed by atoms with Crippen LogP contribution in [0.5, 0.6) is 0 Å². The lowest BCUT2D eigenvalue weighted by Gasteiger charge is -2.21. The van der Waals surface area contributed by atoms with E-state index in [1.165, 1.54) is 43.9 Å². The lowest BCUT2D eigenvalue weighted by atomic mass is 10.2. The van der Waals surface area contributed by atoms with Gasteiger partial charge >= 0.3 is 0 Å². The predicted molar refractivity (Wildman–Crippen MR) is 134 cm³/mol. The number of nitrogens with two attached hydrogens (primary N) is 1. The average Bonchev–Trinajstić information content (AvgIpc) is 3.28. The van der Waals surface area contributed by atoms with Gasteiger partial charge in [-0.3, -0.25) is 4.79 Å². The monoisotopic (exact) mass is 462 g/mol. The van der Waals surface area contributed by atoms with Crippen LogP contribution in [0.3, 0.4) is 0 Å². The maximum absolute atomic E-state index is 10.1. The van der Waals surface area contributed by atoms with E-state index in [0.29, 0.717) is 17.9 Å². The van der Waals surface area contributed by atoms with E-state index in [0.717, 1.165) is 35.6 Å². The molecule has 1 saturated heterocycles. The van der Waals surface area contributed by atoms with Crippen molar-refractivity contribution in [3.8, 4) is 0 Å². The molecule has 0 radical (unpaired) electrons. The van der Waals surface area contributed by atoms with Crippen LogP contribution in [0.2, 0.25) is 0 Å². The number of aromatic nitrogens is 4. The minimum Gasteiger partial charge on any atom is -0.368 e. The van der Waals surface area contributed by atoms with Crippen LogP contribution in [0.15, 0.2) is 36.8 Å². The number of carbonyl (C=O) groups excluding carboxylic acids is 1. The first-order valence-electron chi connectivity index (χ1n) is 12.1. The van der Waals surface area contributed by atoms with Crippen molar-refractivity contribution in [1.29, 1.82) is 0 Å². The molecule has 180 valence electrons. The lowest BCUT2D eigenvalue weighted by Crippen LogP contribution is -2.33. The van der Waals surface area contributed by atoms with Crippen LogP contribution in [0.1, 0.15) is 45.1 Å². The van der Waals surface area contributed by atoms with Gasteiger partial charge in [-0.2, -0.15) is 4.98 Å². The van der Waals surface area contributed by atoms with Crippen molar-refractivity contribution in [3.05, 3.63) is 36.8 Å². The minimum absolute atomic E-state index is 0.0500. The molecule has 2 unspecified atom stereocenters. The van der Waals surface area contributed by atoms with Crippen LogP contribution >= 0.6 is 0 Å². The fourth-order valence-electron chi connectivity index (χ4n) is 4.96. The molecular weight excluding hydrogens is 428 g/mol. The summed E-state index contributed by atoms with van der Waals surface area (Å²) >= 11 is 0. The van der Waals surface area contributed by atoms with E-state index in [9.17, 15) is 4.79 Å².